The van der Waals surface area contributed by atoms with Crippen LogP contribution in [0.15, 0.2) is 48.5 Å². The van der Waals surface area contributed by atoms with E-state index in [1.807, 2.05) is 67.3 Å². The number of rotatable bonds is 7. The van der Waals surface area contributed by atoms with E-state index < -0.39 is 0 Å². The molecule has 2 aromatic rings. The summed E-state index contributed by atoms with van der Waals surface area (Å²) in [5.74, 6) is 0.138. The van der Waals surface area contributed by atoms with Gasteiger partial charge in [0.25, 0.3) is 0 Å². The molecule has 3 rings (SSSR count). The summed E-state index contributed by atoms with van der Waals surface area (Å²) in [7, 11) is 0. The van der Waals surface area contributed by atoms with Crippen molar-refractivity contribution in [2.75, 3.05) is 28.6 Å². The number of carbonyl (C=O) groups excluding carboxylic acids is 2. The topological polar surface area (TPSA) is 61.4 Å². The molecule has 0 aromatic heterocycles. The van der Waals surface area contributed by atoms with Crippen molar-refractivity contribution in [2.24, 2.45) is 5.92 Å². The summed E-state index contributed by atoms with van der Waals surface area (Å²) >= 11 is 0. The normalized spacial score (nSPS) is 13.2. The first-order chi connectivity index (χ1) is 12.6. The van der Waals surface area contributed by atoms with Crippen molar-refractivity contribution in [3.63, 3.8) is 0 Å². The molecule has 2 amide bonds. The second-order valence-electron chi connectivity index (χ2n) is 6.64. The summed E-state index contributed by atoms with van der Waals surface area (Å²) in [5, 5.41) is 5.93. The van der Waals surface area contributed by atoms with Gasteiger partial charge in [-0.05, 0) is 56.5 Å². The lowest BCUT2D eigenvalue weighted by molar-refractivity contribution is -0.117. The lowest BCUT2D eigenvalue weighted by Gasteiger charge is -2.23. The minimum atomic E-state index is -0.0792. The van der Waals surface area contributed by atoms with Gasteiger partial charge in [-0.2, -0.15) is 0 Å². The summed E-state index contributed by atoms with van der Waals surface area (Å²) in [5.41, 5.74) is 3.38. The number of nitrogens with zero attached hydrogens (tertiary/aromatic N) is 1. The second-order valence-corrected chi connectivity index (χ2v) is 6.64. The third-order valence-electron chi connectivity index (χ3n) is 4.65. The van der Waals surface area contributed by atoms with Gasteiger partial charge in [-0.1, -0.05) is 24.3 Å². The summed E-state index contributed by atoms with van der Waals surface area (Å²) in [6.45, 7) is 4.96. The van der Waals surface area contributed by atoms with Gasteiger partial charge in [-0.3, -0.25) is 9.59 Å². The minimum Gasteiger partial charge on any atom is -0.362 e. The molecule has 0 bridgehead atoms. The van der Waals surface area contributed by atoms with Gasteiger partial charge >= 0.3 is 0 Å². The van der Waals surface area contributed by atoms with Crippen LogP contribution in [0.1, 0.15) is 25.3 Å². The number of benzene rings is 2. The zero-order valence-electron chi connectivity index (χ0n) is 15.3. The fourth-order valence-electron chi connectivity index (χ4n) is 2.87. The second kappa shape index (κ2) is 8.04. The van der Waals surface area contributed by atoms with Crippen LogP contribution in [-0.4, -0.2) is 24.9 Å². The predicted molar refractivity (Wildman–Crippen MR) is 105 cm³/mol. The molecule has 26 heavy (non-hydrogen) atoms. The fraction of sp³-hybridized carbons (Fsp3) is 0.333. The van der Waals surface area contributed by atoms with E-state index >= 15 is 0 Å². The molecule has 0 saturated heterocycles. The lowest BCUT2D eigenvalue weighted by Crippen LogP contribution is -2.33. The van der Waals surface area contributed by atoms with Crippen LogP contribution in [0.2, 0.25) is 0 Å². The standard InChI is InChI=1S/C21H25N3O2/c1-3-24(17-8-5-4-6-9-17)14-20(25)22-18-10-7-11-19(15(18)2)23-21(26)16-12-13-16/h4-11,16H,3,12-14H2,1-2H3,(H,22,25)(H,23,26). The van der Waals surface area contributed by atoms with E-state index in [1.54, 1.807) is 0 Å². The van der Waals surface area contributed by atoms with Crippen LogP contribution in [-0.2, 0) is 9.59 Å². The number of carbonyl (C=O) groups is 2. The van der Waals surface area contributed by atoms with Crippen LogP contribution >= 0.6 is 0 Å². The molecule has 2 aromatic carbocycles. The number of hydrogen-bond acceptors (Lipinski definition) is 3. The Labute approximate surface area is 154 Å². The largest absolute Gasteiger partial charge is 0.362 e. The molecule has 5 heteroatoms. The number of para-hydroxylation sites is 1. The molecule has 0 radical (unpaired) electrons. The maximum absolute atomic E-state index is 12.5. The molecule has 5 nitrogen and oxygen atoms in total. The molecular formula is C21H25N3O2. The van der Waals surface area contributed by atoms with Crippen LogP contribution in [0.5, 0.6) is 0 Å². The lowest BCUT2D eigenvalue weighted by atomic mass is 10.1. The fourth-order valence-corrected chi connectivity index (χ4v) is 2.87. The third kappa shape index (κ3) is 4.42. The van der Waals surface area contributed by atoms with Gasteiger partial charge in [0.15, 0.2) is 0 Å². The molecule has 1 aliphatic rings. The zero-order valence-corrected chi connectivity index (χ0v) is 15.3. The first-order valence-corrected chi connectivity index (χ1v) is 9.08. The Morgan fingerprint density at radius 3 is 2.27 bits per heavy atom. The maximum atomic E-state index is 12.5. The predicted octanol–water partition coefficient (Wildman–Crippen LogP) is 3.81. The molecule has 0 aliphatic heterocycles. The Kier molecular flexibility index (Phi) is 5.56. The summed E-state index contributed by atoms with van der Waals surface area (Å²) in [6.07, 6.45) is 1.93. The zero-order chi connectivity index (χ0) is 18.5. The van der Waals surface area contributed by atoms with E-state index in [0.717, 1.165) is 42.0 Å². The Morgan fingerprint density at radius 2 is 1.65 bits per heavy atom. The molecule has 0 unspecified atom stereocenters. The van der Waals surface area contributed by atoms with Crippen LogP contribution in [0.3, 0.4) is 0 Å². The summed E-state index contributed by atoms with van der Waals surface area (Å²) < 4.78 is 0. The summed E-state index contributed by atoms with van der Waals surface area (Å²) in [4.78, 5) is 26.5. The van der Waals surface area contributed by atoms with Gasteiger partial charge < -0.3 is 15.5 Å². The van der Waals surface area contributed by atoms with Crippen molar-refractivity contribution in [2.45, 2.75) is 26.7 Å². The maximum Gasteiger partial charge on any atom is 0.243 e. The molecule has 0 spiro atoms. The first-order valence-electron chi connectivity index (χ1n) is 9.08. The molecule has 1 saturated carbocycles. The molecule has 1 fully saturated rings. The van der Waals surface area contributed by atoms with Crippen molar-refractivity contribution < 1.29 is 9.59 Å². The number of hydrogen-bond donors (Lipinski definition) is 2. The van der Waals surface area contributed by atoms with E-state index in [2.05, 4.69) is 10.6 Å². The molecule has 1 aliphatic carbocycles. The first kappa shape index (κ1) is 18.0. The van der Waals surface area contributed by atoms with Gasteiger partial charge in [0.1, 0.15) is 0 Å². The molecule has 136 valence electrons. The molecule has 0 heterocycles. The average molecular weight is 351 g/mol. The average Bonchev–Trinajstić information content (AvgIpc) is 3.49. The van der Waals surface area contributed by atoms with E-state index in [0.29, 0.717) is 0 Å². The minimum absolute atomic E-state index is 0.0674. The van der Waals surface area contributed by atoms with Crippen LogP contribution in [0.4, 0.5) is 17.1 Å². The summed E-state index contributed by atoms with van der Waals surface area (Å²) in [6, 6.07) is 15.5. The van der Waals surface area contributed by atoms with E-state index in [1.165, 1.54) is 0 Å². The monoisotopic (exact) mass is 351 g/mol. The quantitative estimate of drug-likeness (QED) is 0.797. The van der Waals surface area contributed by atoms with Gasteiger partial charge in [-0.25, -0.2) is 0 Å². The highest BCUT2D eigenvalue weighted by Gasteiger charge is 2.29. The Morgan fingerprint density at radius 1 is 1.00 bits per heavy atom. The van der Waals surface area contributed by atoms with Crippen LogP contribution in [0, 0.1) is 12.8 Å². The molecular weight excluding hydrogens is 326 g/mol. The van der Waals surface area contributed by atoms with Crippen LogP contribution < -0.4 is 15.5 Å². The van der Waals surface area contributed by atoms with Crippen molar-refractivity contribution in [3.8, 4) is 0 Å². The van der Waals surface area contributed by atoms with Crippen molar-refractivity contribution in [3.05, 3.63) is 54.1 Å². The van der Waals surface area contributed by atoms with Gasteiger partial charge in [-0.15, -0.1) is 0 Å². The highest BCUT2D eigenvalue weighted by atomic mass is 16.2. The van der Waals surface area contributed by atoms with E-state index in [9.17, 15) is 9.59 Å². The van der Waals surface area contributed by atoms with Crippen molar-refractivity contribution in [1.29, 1.82) is 0 Å². The molecule has 2 N–H and O–H groups in total. The number of anilines is 3. The number of likely N-dealkylation sites (N-methyl/N-ethyl adjacent to an activating group) is 1. The van der Waals surface area contributed by atoms with Gasteiger partial charge in [0, 0.05) is 29.5 Å². The Hall–Kier alpha value is -2.82. The van der Waals surface area contributed by atoms with Crippen LogP contribution in [0.25, 0.3) is 0 Å². The third-order valence-corrected chi connectivity index (χ3v) is 4.65. The molecule has 0 atom stereocenters. The number of nitrogens with one attached hydrogen (secondary N) is 2. The highest BCUT2D eigenvalue weighted by Crippen LogP contribution is 2.31. The smallest absolute Gasteiger partial charge is 0.243 e. The Balaban J connectivity index is 1.66. The van der Waals surface area contributed by atoms with E-state index in [-0.39, 0.29) is 24.3 Å². The Bertz CT molecular complexity index is 785. The van der Waals surface area contributed by atoms with E-state index in [4.69, 9.17) is 0 Å². The van der Waals surface area contributed by atoms with Crippen molar-refractivity contribution in [1.82, 2.24) is 0 Å². The van der Waals surface area contributed by atoms with Gasteiger partial charge in [0.05, 0.1) is 6.54 Å². The van der Waals surface area contributed by atoms with Gasteiger partial charge in [0.2, 0.25) is 11.8 Å². The highest BCUT2D eigenvalue weighted by molar-refractivity contribution is 5.98. The number of amides is 2. The van der Waals surface area contributed by atoms with Crippen molar-refractivity contribution >= 4 is 28.9 Å². The SMILES string of the molecule is CCN(CC(=O)Nc1cccc(NC(=O)C2CC2)c1C)c1ccccc1.